The summed E-state index contributed by atoms with van der Waals surface area (Å²) in [6.45, 7) is 4.36. The van der Waals surface area contributed by atoms with Crippen molar-refractivity contribution in [1.82, 2.24) is 4.90 Å². The molecule has 2 aliphatic heterocycles. The Bertz CT molecular complexity index is 1170. The minimum absolute atomic E-state index is 0.00388. The number of thiocarbonyl (C=S) groups is 1. The molecule has 200 valence electrons. The molecule has 3 atom stereocenters. The number of hydrogen-bond acceptors (Lipinski definition) is 4. The average Bonchev–Trinajstić information content (AvgIpc) is 3.28. The maximum absolute atomic E-state index is 13.3. The van der Waals surface area contributed by atoms with Gasteiger partial charge in [0.2, 0.25) is 0 Å². The summed E-state index contributed by atoms with van der Waals surface area (Å²) in [6.07, 6.45) is -8.46. The largest absolute Gasteiger partial charge is 0.462 e. The minimum atomic E-state index is -4.97. The Hall–Kier alpha value is -3.02. The molecule has 2 aromatic rings. The molecule has 1 fully saturated rings. The van der Waals surface area contributed by atoms with Gasteiger partial charge in [0.25, 0.3) is 0 Å². The van der Waals surface area contributed by atoms with Crippen LogP contribution >= 0.6 is 12.2 Å². The molecule has 2 aliphatic rings. The highest BCUT2D eigenvalue weighted by Gasteiger charge is 2.45. The van der Waals surface area contributed by atoms with Crippen LogP contribution in [0.15, 0.2) is 36.4 Å². The second-order valence-corrected chi connectivity index (χ2v) is 9.38. The van der Waals surface area contributed by atoms with Gasteiger partial charge in [-0.15, -0.1) is 0 Å². The molecule has 12 heteroatoms. The maximum atomic E-state index is 13.3. The standard InChI is InChI=1S/C25H25F6N3O2S/c1-3-19-17-7-8-34(21(17)18-9-13(22(35)36-4-2)5-6-20(18)33-19)23(37)32-16-11-14(24(26,27)28)10-15(12-16)25(29,30)31/h5-6,9-12,17,19,21,33H,3-4,7-8H2,1-2H3,(H,32,37)/t17-,19+,21-/m1/s1. The van der Waals surface area contributed by atoms with Crippen molar-refractivity contribution in [3.8, 4) is 0 Å². The summed E-state index contributed by atoms with van der Waals surface area (Å²) in [5, 5.41) is 6.09. The van der Waals surface area contributed by atoms with Crippen LogP contribution in [0.3, 0.4) is 0 Å². The Kier molecular flexibility index (Phi) is 7.33. The van der Waals surface area contributed by atoms with E-state index in [2.05, 4.69) is 10.6 Å². The first-order valence-corrected chi connectivity index (χ1v) is 12.2. The van der Waals surface area contributed by atoms with E-state index in [1.807, 2.05) is 6.92 Å². The smallest absolute Gasteiger partial charge is 0.416 e. The van der Waals surface area contributed by atoms with E-state index in [9.17, 15) is 31.1 Å². The minimum Gasteiger partial charge on any atom is -0.462 e. The van der Waals surface area contributed by atoms with Crippen LogP contribution in [0.5, 0.6) is 0 Å². The Balaban J connectivity index is 1.68. The normalized spacial score (nSPS) is 21.1. The van der Waals surface area contributed by atoms with Crippen LogP contribution in [0.1, 0.15) is 59.8 Å². The molecular formula is C25H25F6N3O2S. The van der Waals surface area contributed by atoms with Crippen LogP contribution < -0.4 is 10.6 Å². The van der Waals surface area contributed by atoms with Gasteiger partial charge in [0.05, 0.1) is 29.3 Å². The van der Waals surface area contributed by atoms with Gasteiger partial charge in [-0.05, 0) is 73.9 Å². The summed E-state index contributed by atoms with van der Waals surface area (Å²) in [6, 6.07) is 6.16. The van der Waals surface area contributed by atoms with Gasteiger partial charge in [-0.25, -0.2) is 4.79 Å². The second kappa shape index (κ2) is 10.0. The van der Waals surface area contributed by atoms with Crippen molar-refractivity contribution in [2.45, 2.75) is 51.1 Å². The van der Waals surface area contributed by atoms with Crippen molar-refractivity contribution in [3.63, 3.8) is 0 Å². The lowest BCUT2D eigenvalue weighted by atomic mass is 9.81. The third-order valence-corrected chi connectivity index (χ3v) is 7.06. The number of esters is 1. The van der Waals surface area contributed by atoms with E-state index >= 15 is 0 Å². The molecule has 37 heavy (non-hydrogen) atoms. The molecule has 0 aliphatic carbocycles. The number of rotatable bonds is 4. The van der Waals surface area contributed by atoms with Gasteiger partial charge in [-0.1, -0.05) is 6.92 Å². The first kappa shape index (κ1) is 27.0. The monoisotopic (exact) mass is 545 g/mol. The van der Waals surface area contributed by atoms with Gasteiger partial charge in [-0.2, -0.15) is 26.3 Å². The highest BCUT2D eigenvalue weighted by molar-refractivity contribution is 7.80. The van der Waals surface area contributed by atoms with E-state index in [0.29, 0.717) is 30.7 Å². The molecule has 0 amide bonds. The van der Waals surface area contributed by atoms with Crippen LogP contribution in [0, 0.1) is 5.92 Å². The van der Waals surface area contributed by atoms with E-state index in [1.165, 1.54) is 0 Å². The fourth-order valence-corrected chi connectivity index (χ4v) is 5.40. The summed E-state index contributed by atoms with van der Waals surface area (Å²) in [4.78, 5) is 14.1. The van der Waals surface area contributed by atoms with Crippen molar-refractivity contribution in [1.29, 1.82) is 0 Å². The number of hydrogen-bond donors (Lipinski definition) is 2. The number of anilines is 2. The summed E-state index contributed by atoms with van der Waals surface area (Å²) in [7, 11) is 0. The summed E-state index contributed by atoms with van der Waals surface area (Å²) >= 11 is 5.51. The van der Waals surface area contributed by atoms with Gasteiger partial charge in [-0.3, -0.25) is 0 Å². The number of likely N-dealkylation sites (tertiary alicyclic amines) is 1. The topological polar surface area (TPSA) is 53.6 Å². The molecule has 2 heterocycles. The number of nitrogens with one attached hydrogen (secondary N) is 2. The number of carbonyl (C=O) groups excluding carboxylic acids is 1. The van der Waals surface area contributed by atoms with Crippen molar-refractivity contribution >= 4 is 34.7 Å². The fraction of sp³-hybridized carbons (Fsp3) is 0.440. The molecule has 0 radical (unpaired) electrons. The van der Waals surface area contributed by atoms with E-state index < -0.39 is 35.1 Å². The molecule has 0 unspecified atom stereocenters. The zero-order valence-corrected chi connectivity index (χ0v) is 20.8. The van der Waals surface area contributed by atoms with Crippen molar-refractivity contribution in [2.75, 3.05) is 23.8 Å². The molecule has 0 bridgehead atoms. The molecule has 2 N–H and O–H groups in total. The number of halogens is 6. The van der Waals surface area contributed by atoms with Crippen molar-refractivity contribution in [3.05, 3.63) is 58.7 Å². The number of benzene rings is 2. The van der Waals surface area contributed by atoms with Gasteiger partial charge in [0.1, 0.15) is 0 Å². The van der Waals surface area contributed by atoms with Gasteiger partial charge >= 0.3 is 18.3 Å². The average molecular weight is 546 g/mol. The summed E-state index contributed by atoms with van der Waals surface area (Å²) in [5.41, 5.74) is -1.36. The summed E-state index contributed by atoms with van der Waals surface area (Å²) < 4.78 is 85.0. The summed E-state index contributed by atoms with van der Waals surface area (Å²) in [5.74, 6) is -0.435. The first-order chi connectivity index (χ1) is 17.3. The van der Waals surface area contributed by atoms with Crippen molar-refractivity contribution < 1.29 is 35.9 Å². The van der Waals surface area contributed by atoms with E-state index in [-0.39, 0.29) is 35.8 Å². The van der Waals surface area contributed by atoms with Crippen LogP contribution in [0.2, 0.25) is 0 Å². The molecule has 4 rings (SSSR count). The lowest BCUT2D eigenvalue weighted by molar-refractivity contribution is -0.143. The van der Waals surface area contributed by atoms with E-state index in [4.69, 9.17) is 17.0 Å². The van der Waals surface area contributed by atoms with Gasteiger partial charge < -0.3 is 20.3 Å². The third kappa shape index (κ3) is 5.48. The molecule has 0 saturated carbocycles. The number of alkyl halides is 6. The third-order valence-electron chi connectivity index (χ3n) is 6.72. The highest BCUT2D eigenvalue weighted by atomic mass is 32.1. The van der Waals surface area contributed by atoms with Crippen LogP contribution in [-0.2, 0) is 17.1 Å². The SMILES string of the molecule is CCOC(=O)c1ccc2c(c1)[C@H]1[C@H](CCN1C(=S)Nc1cc(C(F)(F)F)cc(C(F)(F)F)c1)[C@H](CC)N2. The van der Waals surface area contributed by atoms with Crippen LogP contribution in [0.4, 0.5) is 37.7 Å². The first-order valence-electron chi connectivity index (χ1n) is 11.8. The molecule has 0 spiro atoms. The number of nitrogens with zero attached hydrogens (tertiary/aromatic N) is 1. The van der Waals surface area contributed by atoms with Crippen LogP contribution in [-0.4, -0.2) is 35.2 Å². The van der Waals surface area contributed by atoms with Gasteiger partial charge in [0.15, 0.2) is 5.11 Å². The zero-order valence-electron chi connectivity index (χ0n) is 20.0. The Morgan fingerprint density at radius 1 is 1.08 bits per heavy atom. The number of fused-ring (bicyclic) bond motifs is 3. The maximum Gasteiger partial charge on any atom is 0.416 e. The van der Waals surface area contributed by atoms with Crippen molar-refractivity contribution in [2.24, 2.45) is 5.92 Å². The van der Waals surface area contributed by atoms with Crippen LogP contribution in [0.25, 0.3) is 0 Å². The lowest BCUT2D eigenvalue weighted by Crippen LogP contribution is -2.42. The molecule has 5 nitrogen and oxygen atoms in total. The predicted molar refractivity (Wildman–Crippen MR) is 130 cm³/mol. The second-order valence-electron chi connectivity index (χ2n) is 9.00. The lowest BCUT2D eigenvalue weighted by Gasteiger charge is -2.40. The molecular weight excluding hydrogens is 520 g/mol. The zero-order chi connectivity index (χ0) is 27.1. The molecule has 1 saturated heterocycles. The molecule has 0 aromatic heterocycles. The van der Waals surface area contributed by atoms with E-state index in [1.54, 1.807) is 30.0 Å². The quantitative estimate of drug-likeness (QED) is 0.249. The Morgan fingerprint density at radius 2 is 1.73 bits per heavy atom. The highest BCUT2D eigenvalue weighted by Crippen LogP contribution is 2.48. The number of ether oxygens (including phenoxy) is 1. The fourth-order valence-electron chi connectivity index (χ4n) is 5.08. The molecule has 2 aromatic carbocycles. The Labute approximate surface area is 215 Å². The van der Waals surface area contributed by atoms with Gasteiger partial charge in [0, 0.05) is 29.9 Å². The predicted octanol–water partition coefficient (Wildman–Crippen LogP) is 6.87. The van der Waals surface area contributed by atoms with E-state index in [0.717, 1.165) is 17.7 Å². The Morgan fingerprint density at radius 3 is 2.30 bits per heavy atom. The number of carbonyl (C=O) groups is 1.